The van der Waals surface area contributed by atoms with Crippen LogP contribution in [0.3, 0.4) is 0 Å². The summed E-state index contributed by atoms with van der Waals surface area (Å²) in [7, 11) is 0. The maximum absolute atomic E-state index is 14.2. The number of nitrogens with one attached hydrogen (secondary N) is 6. The van der Waals surface area contributed by atoms with Gasteiger partial charge in [-0.1, -0.05) is 206 Å². The van der Waals surface area contributed by atoms with E-state index in [1.54, 1.807) is 176 Å². The molecule has 6 aromatic carbocycles. The number of amides is 6. The number of aliphatic hydroxyl groups excluding tert-OH is 3. The number of carbonyl (C=O) groups excluding carboxylic acids is 6. The lowest BCUT2D eigenvalue weighted by Crippen LogP contribution is -2.68. The van der Waals surface area contributed by atoms with E-state index in [0.29, 0.717) is 22.3 Å². The second-order valence-electron chi connectivity index (χ2n) is 23.1. The molecular formula is C71H78N6O21. The van der Waals surface area contributed by atoms with E-state index in [1.165, 1.54) is 12.2 Å². The van der Waals surface area contributed by atoms with Gasteiger partial charge in [-0.15, -0.1) is 0 Å². The first-order chi connectivity index (χ1) is 47.8. The van der Waals surface area contributed by atoms with Gasteiger partial charge < -0.3 is 104 Å². The molecule has 6 aromatic rings. The third kappa shape index (κ3) is 21.5. The van der Waals surface area contributed by atoms with Gasteiger partial charge in [0.2, 0.25) is 0 Å². The van der Waals surface area contributed by atoms with Crippen LogP contribution in [-0.2, 0) is 96.5 Å². The summed E-state index contributed by atoms with van der Waals surface area (Å²) in [4.78, 5) is 81.2. The molecule has 0 spiro atoms. The van der Waals surface area contributed by atoms with Gasteiger partial charge in [0.15, 0.2) is 18.9 Å². The first-order valence-corrected chi connectivity index (χ1v) is 31.8. The first-order valence-electron chi connectivity index (χ1n) is 31.8. The monoisotopic (exact) mass is 1350 g/mol. The molecule has 0 radical (unpaired) electrons. The lowest BCUT2D eigenvalue weighted by molar-refractivity contribution is -0.282. The average Bonchev–Trinajstić information content (AvgIpc) is 1.30. The molecule has 27 heteroatoms. The number of hydrogen-bond acceptors (Lipinski definition) is 21. The SMILES string of the molecule is O=C(NC[C@@H]1C=C[C@@H](NC(=O)OCc2ccccc2)[C@@H](O[C@H]2[C@H](O[C@@H]3O[C@H](CO)[C@@H](O[C@H]4O[C@H](CNC(=O)OCc5ccccc5)C=C[C@H]4NC(=O)OCc4ccccc4)[C@H]3O)[C@@H](O)[C@H](NC(=O)OCc3ccccc3)C[C@@H]2NC(=O)OCc2ccccc2)O1)OCc1ccccc1. The largest absolute Gasteiger partial charge is 0.445 e. The summed E-state index contributed by atoms with van der Waals surface area (Å²) in [5.41, 5.74) is 4.12. The highest BCUT2D eigenvalue weighted by Crippen LogP contribution is 2.35. The predicted molar refractivity (Wildman–Crippen MR) is 346 cm³/mol. The van der Waals surface area contributed by atoms with Gasteiger partial charge in [0, 0.05) is 0 Å². The lowest BCUT2D eigenvalue weighted by atomic mass is 9.83. The molecule has 1 saturated carbocycles. The number of aliphatic hydroxyl groups is 3. The van der Waals surface area contributed by atoms with Crippen molar-refractivity contribution in [3.63, 3.8) is 0 Å². The van der Waals surface area contributed by atoms with Crippen LogP contribution in [0.15, 0.2) is 206 Å². The standard InChI is InChI=1S/C71H78N6O21/c78-38-57-61(97-64-54(75-69(84)90-42-48-25-13-4-14-26-48)34-32-52(94-64)37-73-67(82)88-40-46-21-9-2-10-22-46)59(80)65(95-57)98-62-58(79)55(76-70(85)91-43-49-27-15-5-16-28-49)35-56(77-71(86)92-44-50-29-17-6-18-30-50)60(62)96-63-53(74-68(83)89-41-47-23-11-3-12-24-47)33-31-51(93-63)36-72-66(81)87-39-45-19-7-1-8-20-45/h1-34,51-65,78-80H,35-44H2,(H,72,81)(H,73,82)(H,74,83)(H,75,84)(H,76,85)(H,77,86)/t51-,52-,53+,54+,55+,56-,57+,58-,59+,60+,61+,62+,63+,64+,65-/m0/s1. The van der Waals surface area contributed by atoms with Crippen LogP contribution >= 0.6 is 0 Å². The average molecular weight is 1350 g/mol. The summed E-state index contributed by atoms with van der Waals surface area (Å²) in [5.74, 6) is 0. The smallest absolute Gasteiger partial charge is 0.408 e. The molecular weight excluding hydrogens is 1270 g/mol. The number of rotatable bonds is 27. The van der Waals surface area contributed by atoms with Crippen LogP contribution in [0.2, 0.25) is 0 Å². The van der Waals surface area contributed by atoms with Gasteiger partial charge >= 0.3 is 36.6 Å². The van der Waals surface area contributed by atoms with E-state index in [9.17, 15) is 44.1 Å². The minimum absolute atomic E-state index is 0.0207. The third-order valence-electron chi connectivity index (χ3n) is 15.9. The van der Waals surface area contributed by atoms with E-state index in [-0.39, 0.29) is 59.2 Å². The fourth-order valence-corrected chi connectivity index (χ4v) is 10.9. The summed E-state index contributed by atoms with van der Waals surface area (Å²) in [6.07, 6.45) is -16.7. The Morgan fingerprint density at radius 1 is 0.357 bits per heavy atom. The fourth-order valence-electron chi connectivity index (χ4n) is 10.9. The van der Waals surface area contributed by atoms with E-state index in [2.05, 4.69) is 31.9 Å². The number of ether oxygens (including phenoxy) is 12. The van der Waals surface area contributed by atoms with E-state index in [0.717, 1.165) is 11.1 Å². The number of carbonyl (C=O) groups is 6. The second kappa shape index (κ2) is 36.4. The molecule has 518 valence electrons. The van der Waals surface area contributed by atoms with Gasteiger partial charge in [-0.25, -0.2) is 28.8 Å². The highest BCUT2D eigenvalue weighted by Gasteiger charge is 2.54. The van der Waals surface area contributed by atoms with Crippen molar-refractivity contribution >= 4 is 36.6 Å². The Hall–Kier alpha value is -9.94. The van der Waals surface area contributed by atoms with Crippen LogP contribution < -0.4 is 31.9 Å². The minimum Gasteiger partial charge on any atom is -0.445 e. The molecule has 3 heterocycles. The number of hydrogen-bond donors (Lipinski definition) is 9. The third-order valence-corrected chi connectivity index (χ3v) is 15.9. The van der Waals surface area contributed by atoms with Gasteiger partial charge in [0.25, 0.3) is 0 Å². The van der Waals surface area contributed by atoms with E-state index in [1.807, 2.05) is 18.2 Å². The normalized spacial score (nSPS) is 25.5. The van der Waals surface area contributed by atoms with Crippen LogP contribution in [0.1, 0.15) is 39.8 Å². The van der Waals surface area contributed by atoms with Crippen LogP contribution in [0.4, 0.5) is 28.8 Å². The Morgan fingerprint density at radius 2 is 0.673 bits per heavy atom. The Labute approximate surface area is 564 Å². The maximum atomic E-state index is 14.2. The highest BCUT2D eigenvalue weighted by atomic mass is 16.8. The van der Waals surface area contributed by atoms with E-state index >= 15 is 0 Å². The van der Waals surface area contributed by atoms with Gasteiger partial charge in [-0.2, -0.15) is 0 Å². The summed E-state index contributed by atoms with van der Waals surface area (Å²) < 4.78 is 72.4. The topological polar surface area (TPSA) is 346 Å². The summed E-state index contributed by atoms with van der Waals surface area (Å²) in [6.45, 7) is -1.87. The van der Waals surface area contributed by atoms with Crippen molar-refractivity contribution in [2.24, 2.45) is 0 Å². The van der Waals surface area contributed by atoms with Crippen molar-refractivity contribution in [1.29, 1.82) is 0 Å². The molecule has 0 unspecified atom stereocenters. The van der Waals surface area contributed by atoms with Crippen molar-refractivity contribution in [2.75, 3.05) is 19.7 Å². The molecule has 4 aliphatic rings. The van der Waals surface area contributed by atoms with Gasteiger partial charge in [-0.3, -0.25) is 0 Å². The number of benzene rings is 6. The number of alkyl carbamates (subject to hydrolysis) is 6. The Kier molecular flexibility index (Phi) is 26.3. The molecule has 1 aliphatic carbocycles. The quantitative estimate of drug-likeness (QED) is 0.0194. The molecule has 1 saturated heterocycles. The van der Waals surface area contributed by atoms with E-state index < -0.39 is 135 Å². The summed E-state index contributed by atoms with van der Waals surface area (Å²) in [6, 6.07) is 48.3. The van der Waals surface area contributed by atoms with Crippen molar-refractivity contribution in [1.82, 2.24) is 31.9 Å². The van der Waals surface area contributed by atoms with Gasteiger partial charge in [0.05, 0.1) is 44.0 Å². The van der Waals surface area contributed by atoms with E-state index in [4.69, 9.17) is 56.8 Å². The molecule has 3 aliphatic heterocycles. The Morgan fingerprint density at radius 3 is 1.03 bits per heavy atom. The zero-order valence-corrected chi connectivity index (χ0v) is 53.1. The fraction of sp³-hybridized carbons (Fsp3) is 0.352. The highest BCUT2D eigenvalue weighted by molar-refractivity contribution is 5.70. The Bertz CT molecular complexity index is 3540. The first kappa shape index (κ1) is 70.8. The molecule has 10 rings (SSSR count). The molecule has 0 bridgehead atoms. The zero-order chi connectivity index (χ0) is 68.4. The molecule has 15 atom stereocenters. The molecule has 27 nitrogen and oxygen atoms in total. The molecule has 98 heavy (non-hydrogen) atoms. The van der Waals surface area contributed by atoms with Crippen LogP contribution in [0.5, 0.6) is 0 Å². The molecule has 2 fully saturated rings. The summed E-state index contributed by atoms with van der Waals surface area (Å²) >= 11 is 0. The molecule has 9 N–H and O–H groups in total. The van der Waals surface area contributed by atoms with Crippen LogP contribution in [0.25, 0.3) is 0 Å². The zero-order valence-electron chi connectivity index (χ0n) is 53.1. The molecule has 6 amide bonds. The van der Waals surface area contributed by atoms with Crippen LogP contribution in [-0.4, -0.2) is 163 Å². The predicted octanol–water partition coefficient (Wildman–Crippen LogP) is 6.58. The van der Waals surface area contributed by atoms with Crippen molar-refractivity contribution in [3.05, 3.63) is 240 Å². The van der Waals surface area contributed by atoms with Crippen molar-refractivity contribution in [3.8, 4) is 0 Å². The van der Waals surface area contributed by atoms with Crippen molar-refractivity contribution in [2.45, 2.75) is 138 Å². The minimum atomic E-state index is -1.91. The van der Waals surface area contributed by atoms with Crippen LogP contribution in [0, 0.1) is 0 Å². The summed E-state index contributed by atoms with van der Waals surface area (Å²) in [5, 5.41) is 52.5. The molecule has 0 aromatic heterocycles. The van der Waals surface area contributed by atoms with Gasteiger partial charge in [-0.05, 0) is 39.8 Å². The van der Waals surface area contributed by atoms with Crippen molar-refractivity contribution < 1.29 is 101 Å². The second-order valence-corrected chi connectivity index (χ2v) is 23.1. The Balaban J connectivity index is 0.929. The lowest BCUT2D eigenvalue weighted by Gasteiger charge is -2.47. The van der Waals surface area contributed by atoms with Gasteiger partial charge in [0.1, 0.15) is 88.3 Å². The maximum Gasteiger partial charge on any atom is 0.408 e.